The summed E-state index contributed by atoms with van der Waals surface area (Å²) >= 11 is 6.04. The summed E-state index contributed by atoms with van der Waals surface area (Å²) in [6, 6.07) is 9.69. The third kappa shape index (κ3) is 4.50. The predicted molar refractivity (Wildman–Crippen MR) is 89.2 cm³/mol. The zero-order valence-corrected chi connectivity index (χ0v) is 13.5. The Labute approximate surface area is 140 Å². The zero-order chi connectivity index (χ0) is 16.1. The van der Waals surface area contributed by atoms with Crippen molar-refractivity contribution in [3.63, 3.8) is 0 Å². The molecule has 0 radical (unpaired) electrons. The predicted octanol–water partition coefficient (Wildman–Crippen LogP) is 2.52. The highest BCUT2D eigenvalue weighted by atomic mass is 35.5. The standard InChI is InChI=1S/C17H19ClN4O/c18-14-4-1-3-13(9-14)10-22-8-2-5-15(11-22)21-17(23)16-6-7-19-12-20-16/h1,3-4,6-7,9,12,15H,2,5,8,10-11H2,(H,21,23). The van der Waals surface area contributed by atoms with Crippen LogP contribution in [-0.4, -0.2) is 39.9 Å². The average Bonchev–Trinajstić information content (AvgIpc) is 2.56. The van der Waals surface area contributed by atoms with E-state index in [4.69, 9.17) is 11.6 Å². The first-order chi connectivity index (χ1) is 11.2. The molecule has 6 heteroatoms. The zero-order valence-electron chi connectivity index (χ0n) is 12.8. The maximum atomic E-state index is 12.2. The van der Waals surface area contributed by atoms with Gasteiger partial charge in [0.2, 0.25) is 0 Å². The lowest BCUT2D eigenvalue weighted by atomic mass is 10.0. The second kappa shape index (κ2) is 7.53. The Balaban J connectivity index is 1.57. The van der Waals surface area contributed by atoms with Crippen LogP contribution in [0.1, 0.15) is 28.9 Å². The lowest BCUT2D eigenvalue weighted by Crippen LogP contribution is -2.47. The number of benzene rings is 1. The maximum Gasteiger partial charge on any atom is 0.270 e. The molecule has 1 atom stereocenters. The number of amides is 1. The van der Waals surface area contributed by atoms with E-state index in [-0.39, 0.29) is 11.9 Å². The first kappa shape index (κ1) is 15.9. The van der Waals surface area contributed by atoms with E-state index in [1.807, 2.05) is 18.2 Å². The van der Waals surface area contributed by atoms with Crippen molar-refractivity contribution in [2.24, 2.45) is 0 Å². The molecule has 0 aliphatic carbocycles. The number of piperidine rings is 1. The minimum absolute atomic E-state index is 0.137. The van der Waals surface area contributed by atoms with Gasteiger partial charge in [0.15, 0.2) is 0 Å². The quantitative estimate of drug-likeness (QED) is 0.936. The van der Waals surface area contributed by atoms with E-state index in [1.54, 1.807) is 12.3 Å². The second-order valence-corrected chi connectivity index (χ2v) is 6.21. The van der Waals surface area contributed by atoms with Crippen LogP contribution in [0.3, 0.4) is 0 Å². The van der Waals surface area contributed by atoms with Gasteiger partial charge in [0, 0.05) is 30.4 Å². The second-order valence-electron chi connectivity index (χ2n) is 5.77. The fourth-order valence-corrected chi connectivity index (χ4v) is 3.11. The summed E-state index contributed by atoms with van der Waals surface area (Å²) in [6.07, 6.45) is 5.02. The van der Waals surface area contributed by atoms with E-state index >= 15 is 0 Å². The van der Waals surface area contributed by atoms with Crippen LogP contribution < -0.4 is 5.32 Å². The van der Waals surface area contributed by atoms with Crippen molar-refractivity contribution in [3.05, 3.63) is 59.1 Å². The smallest absolute Gasteiger partial charge is 0.270 e. The van der Waals surface area contributed by atoms with E-state index in [0.29, 0.717) is 5.69 Å². The molecule has 1 N–H and O–H groups in total. The fourth-order valence-electron chi connectivity index (χ4n) is 2.89. The van der Waals surface area contributed by atoms with Gasteiger partial charge in [-0.15, -0.1) is 0 Å². The van der Waals surface area contributed by atoms with Crippen molar-refractivity contribution in [1.29, 1.82) is 0 Å². The molecule has 2 aromatic rings. The third-order valence-electron chi connectivity index (χ3n) is 3.95. The van der Waals surface area contributed by atoms with Gasteiger partial charge in [0.1, 0.15) is 12.0 Å². The van der Waals surface area contributed by atoms with Gasteiger partial charge in [-0.05, 0) is 43.1 Å². The summed E-state index contributed by atoms with van der Waals surface area (Å²) in [5.41, 5.74) is 1.60. The lowest BCUT2D eigenvalue weighted by Gasteiger charge is -2.33. The van der Waals surface area contributed by atoms with E-state index < -0.39 is 0 Å². The van der Waals surface area contributed by atoms with Crippen LogP contribution in [0.15, 0.2) is 42.9 Å². The van der Waals surface area contributed by atoms with Crippen LogP contribution in [0.5, 0.6) is 0 Å². The molecule has 0 saturated carbocycles. The summed E-state index contributed by atoms with van der Waals surface area (Å²) in [6.45, 7) is 2.72. The molecule has 1 aliphatic heterocycles. The van der Waals surface area contributed by atoms with Crippen molar-refractivity contribution in [2.45, 2.75) is 25.4 Å². The van der Waals surface area contributed by atoms with Crippen LogP contribution in [0.25, 0.3) is 0 Å². The minimum atomic E-state index is -0.137. The van der Waals surface area contributed by atoms with E-state index in [0.717, 1.165) is 37.5 Å². The first-order valence-electron chi connectivity index (χ1n) is 7.74. The topological polar surface area (TPSA) is 58.1 Å². The number of nitrogens with one attached hydrogen (secondary N) is 1. The maximum absolute atomic E-state index is 12.2. The Morgan fingerprint density at radius 3 is 3.09 bits per heavy atom. The number of nitrogens with zero attached hydrogens (tertiary/aromatic N) is 3. The lowest BCUT2D eigenvalue weighted by molar-refractivity contribution is 0.0895. The Kier molecular flexibility index (Phi) is 5.20. The van der Waals surface area contributed by atoms with E-state index in [1.165, 1.54) is 11.9 Å². The van der Waals surface area contributed by atoms with Crippen molar-refractivity contribution in [1.82, 2.24) is 20.2 Å². The van der Waals surface area contributed by atoms with Gasteiger partial charge in [-0.2, -0.15) is 0 Å². The highest BCUT2D eigenvalue weighted by molar-refractivity contribution is 6.30. The number of carbonyl (C=O) groups is 1. The molecular formula is C17H19ClN4O. The monoisotopic (exact) mass is 330 g/mol. The van der Waals surface area contributed by atoms with Crippen LogP contribution in [0, 0.1) is 0 Å². The number of carbonyl (C=O) groups excluding carboxylic acids is 1. The summed E-state index contributed by atoms with van der Waals surface area (Å²) in [5.74, 6) is -0.137. The van der Waals surface area contributed by atoms with Crippen LogP contribution in [0.2, 0.25) is 5.02 Å². The van der Waals surface area contributed by atoms with Crippen LogP contribution in [-0.2, 0) is 6.54 Å². The number of hydrogen-bond donors (Lipinski definition) is 1. The molecule has 1 amide bonds. The van der Waals surface area contributed by atoms with Gasteiger partial charge in [-0.3, -0.25) is 9.69 Å². The number of halogens is 1. The summed E-state index contributed by atoms with van der Waals surface area (Å²) in [5, 5.41) is 3.82. The molecule has 2 heterocycles. The SMILES string of the molecule is O=C(NC1CCCN(Cc2cccc(Cl)c2)C1)c1ccncn1. The Morgan fingerprint density at radius 2 is 2.30 bits per heavy atom. The average molecular weight is 331 g/mol. The fraction of sp³-hybridized carbons (Fsp3) is 0.353. The van der Waals surface area contributed by atoms with Gasteiger partial charge >= 0.3 is 0 Å². The van der Waals surface area contributed by atoms with Crippen molar-refractivity contribution in [3.8, 4) is 0 Å². The minimum Gasteiger partial charge on any atom is -0.347 e. The normalized spacial score (nSPS) is 18.6. The summed E-state index contributed by atoms with van der Waals surface area (Å²) in [7, 11) is 0. The molecule has 1 saturated heterocycles. The van der Waals surface area contributed by atoms with E-state index in [2.05, 4.69) is 26.3 Å². The van der Waals surface area contributed by atoms with Gasteiger partial charge in [0.05, 0.1) is 0 Å². The van der Waals surface area contributed by atoms with Gasteiger partial charge in [0.25, 0.3) is 5.91 Å². The van der Waals surface area contributed by atoms with Crippen molar-refractivity contribution in [2.75, 3.05) is 13.1 Å². The first-order valence-corrected chi connectivity index (χ1v) is 8.12. The molecule has 23 heavy (non-hydrogen) atoms. The third-order valence-corrected chi connectivity index (χ3v) is 4.19. The van der Waals surface area contributed by atoms with Gasteiger partial charge < -0.3 is 5.32 Å². The molecule has 5 nitrogen and oxygen atoms in total. The van der Waals surface area contributed by atoms with Crippen LogP contribution in [0.4, 0.5) is 0 Å². The molecule has 1 aromatic heterocycles. The molecule has 120 valence electrons. The highest BCUT2D eigenvalue weighted by Crippen LogP contribution is 2.16. The molecular weight excluding hydrogens is 312 g/mol. The Bertz CT molecular complexity index is 665. The molecule has 1 unspecified atom stereocenters. The molecule has 0 spiro atoms. The number of aromatic nitrogens is 2. The molecule has 0 bridgehead atoms. The van der Waals surface area contributed by atoms with Gasteiger partial charge in [-0.25, -0.2) is 9.97 Å². The molecule has 1 aliphatic rings. The molecule has 1 fully saturated rings. The van der Waals surface area contributed by atoms with Gasteiger partial charge in [-0.1, -0.05) is 23.7 Å². The molecule has 3 rings (SSSR count). The Morgan fingerprint density at radius 1 is 1.39 bits per heavy atom. The number of rotatable bonds is 4. The highest BCUT2D eigenvalue weighted by Gasteiger charge is 2.22. The number of hydrogen-bond acceptors (Lipinski definition) is 4. The summed E-state index contributed by atoms with van der Waals surface area (Å²) < 4.78 is 0. The van der Waals surface area contributed by atoms with Crippen LogP contribution >= 0.6 is 11.6 Å². The summed E-state index contributed by atoms with van der Waals surface area (Å²) in [4.78, 5) is 22.4. The van der Waals surface area contributed by atoms with Crippen molar-refractivity contribution >= 4 is 17.5 Å². The Hall–Kier alpha value is -1.98. The largest absolute Gasteiger partial charge is 0.347 e. The number of likely N-dealkylation sites (tertiary alicyclic amines) is 1. The van der Waals surface area contributed by atoms with Crippen molar-refractivity contribution < 1.29 is 4.79 Å². The van der Waals surface area contributed by atoms with E-state index in [9.17, 15) is 4.79 Å². The molecule has 1 aromatic carbocycles.